The first-order chi connectivity index (χ1) is 23.8. The van der Waals surface area contributed by atoms with Gasteiger partial charge in [0.1, 0.15) is 18.3 Å². The van der Waals surface area contributed by atoms with Crippen LogP contribution in [0.5, 0.6) is 5.75 Å². The molecule has 0 radical (unpaired) electrons. The van der Waals surface area contributed by atoms with Crippen molar-refractivity contribution in [1.82, 2.24) is 20.5 Å². The third-order valence-corrected chi connectivity index (χ3v) is 10.4. The van der Waals surface area contributed by atoms with E-state index in [2.05, 4.69) is 21.6 Å². The molecule has 2 saturated heterocycles. The molecule has 50 heavy (non-hydrogen) atoms. The molecule has 3 atom stereocenters. The molecule has 14 heteroatoms. The van der Waals surface area contributed by atoms with Gasteiger partial charge in [-0.25, -0.2) is 4.98 Å². The van der Waals surface area contributed by atoms with Gasteiger partial charge in [0.25, 0.3) is 0 Å². The summed E-state index contributed by atoms with van der Waals surface area (Å²) in [4.78, 5) is 34.9. The molecular weight excluding hydrogens is 714 g/mol. The number of ether oxygens (including phenoxy) is 1. The van der Waals surface area contributed by atoms with Crippen LogP contribution in [0.4, 0.5) is 19.0 Å². The van der Waals surface area contributed by atoms with Crippen LogP contribution < -0.4 is 20.3 Å². The van der Waals surface area contributed by atoms with Crippen molar-refractivity contribution in [1.29, 1.82) is 0 Å². The second-order valence-corrected chi connectivity index (χ2v) is 14.6. The Morgan fingerprint density at radius 2 is 1.80 bits per heavy atom. The molecular formula is C36H39Cl3F3N5O3. The Hall–Kier alpha value is -3.25. The maximum Gasteiger partial charge on any atom is 0.397 e. The van der Waals surface area contributed by atoms with Gasteiger partial charge in [-0.3, -0.25) is 9.59 Å². The number of carbonyl (C=O) groups excluding carboxylic acids is 2. The molecule has 2 amide bonds. The predicted molar refractivity (Wildman–Crippen MR) is 188 cm³/mol. The van der Waals surface area contributed by atoms with E-state index >= 15 is 0 Å². The fraction of sp³-hybridized carbons (Fsp3) is 0.472. The van der Waals surface area contributed by atoms with E-state index in [4.69, 9.17) is 44.5 Å². The number of aryl methyl sites for hydroxylation is 1. The van der Waals surface area contributed by atoms with Crippen molar-refractivity contribution in [2.75, 3.05) is 31.1 Å². The highest BCUT2D eigenvalue weighted by Crippen LogP contribution is 2.38. The number of nitrogens with one attached hydrogen (secondary N) is 2. The largest absolute Gasteiger partial charge is 0.485 e. The first-order valence-electron chi connectivity index (χ1n) is 16.8. The molecule has 268 valence electrons. The quantitative estimate of drug-likeness (QED) is 0.212. The van der Waals surface area contributed by atoms with Gasteiger partial charge in [-0.2, -0.15) is 13.2 Å². The number of nitrogens with zero attached hydrogens (tertiary/aromatic N) is 3. The van der Waals surface area contributed by atoms with Crippen molar-refractivity contribution in [2.45, 2.75) is 76.4 Å². The number of amides is 2. The lowest BCUT2D eigenvalue weighted by Crippen LogP contribution is -2.47. The zero-order valence-electron chi connectivity index (χ0n) is 27.5. The molecule has 0 spiro atoms. The van der Waals surface area contributed by atoms with Gasteiger partial charge < -0.3 is 25.2 Å². The molecule has 8 nitrogen and oxygen atoms in total. The lowest BCUT2D eigenvalue weighted by atomic mass is 9.80. The van der Waals surface area contributed by atoms with Crippen molar-refractivity contribution in [2.24, 2.45) is 5.92 Å². The highest BCUT2D eigenvalue weighted by atomic mass is 35.5. The summed E-state index contributed by atoms with van der Waals surface area (Å²) in [5, 5.41) is 7.14. The van der Waals surface area contributed by atoms with Crippen molar-refractivity contribution in [3.8, 4) is 5.75 Å². The van der Waals surface area contributed by atoms with Gasteiger partial charge in [0.05, 0.1) is 22.5 Å². The minimum absolute atomic E-state index is 0.0293. The lowest BCUT2D eigenvalue weighted by molar-refractivity contribution is -0.153. The fourth-order valence-corrected chi connectivity index (χ4v) is 7.66. The van der Waals surface area contributed by atoms with Crippen LogP contribution in [0.3, 0.4) is 0 Å². The van der Waals surface area contributed by atoms with Gasteiger partial charge in [-0.1, -0.05) is 53.0 Å². The third-order valence-electron chi connectivity index (χ3n) is 9.47. The minimum atomic E-state index is -4.58. The first kappa shape index (κ1) is 36.5. The van der Waals surface area contributed by atoms with Crippen molar-refractivity contribution >= 4 is 52.4 Å². The number of pyridine rings is 1. The van der Waals surface area contributed by atoms with Crippen LogP contribution in [-0.2, 0) is 22.7 Å². The molecule has 0 unspecified atom stereocenters. The second kappa shape index (κ2) is 15.6. The number of benzene rings is 2. The molecule has 1 aliphatic carbocycles. The number of carbonyl (C=O) groups is 2. The summed E-state index contributed by atoms with van der Waals surface area (Å²) in [7, 11) is 0. The van der Waals surface area contributed by atoms with Gasteiger partial charge >= 0.3 is 6.18 Å². The van der Waals surface area contributed by atoms with E-state index in [9.17, 15) is 22.8 Å². The van der Waals surface area contributed by atoms with Gasteiger partial charge in [0.2, 0.25) is 11.8 Å². The van der Waals surface area contributed by atoms with Gasteiger partial charge in [-0.05, 0) is 85.2 Å². The minimum Gasteiger partial charge on any atom is -0.485 e. The summed E-state index contributed by atoms with van der Waals surface area (Å²) in [5.74, 6) is -0.0797. The van der Waals surface area contributed by atoms with Crippen molar-refractivity contribution in [3.63, 3.8) is 0 Å². The van der Waals surface area contributed by atoms with Crippen LogP contribution in [0.25, 0.3) is 0 Å². The number of alkyl halides is 3. The zero-order chi connectivity index (χ0) is 35.6. The summed E-state index contributed by atoms with van der Waals surface area (Å²) < 4.78 is 44.0. The van der Waals surface area contributed by atoms with Gasteiger partial charge in [0.15, 0.2) is 5.75 Å². The molecule has 3 fully saturated rings. The van der Waals surface area contributed by atoms with Gasteiger partial charge in [0, 0.05) is 49.9 Å². The van der Waals surface area contributed by atoms with Crippen LogP contribution in [-0.4, -0.2) is 66.2 Å². The number of aromatic nitrogens is 1. The highest BCUT2D eigenvalue weighted by Gasteiger charge is 2.40. The number of rotatable bonds is 11. The topological polar surface area (TPSA) is 86.8 Å². The molecule has 1 saturated carbocycles. The van der Waals surface area contributed by atoms with Crippen LogP contribution in [0.2, 0.25) is 15.1 Å². The van der Waals surface area contributed by atoms with E-state index < -0.39 is 18.5 Å². The summed E-state index contributed by atoms with van der Waals surface area (Å²) in [6.07, 6.45) is -0.975. The number of anilines is 1. The van der Waals surface area contributed by atoms with E-state index in [1.165, 1.54) is 0 Å². The van der Waals surface area contributed by atoms with E-state index in [1.807, 2.05) is 36.2 Å². The average molecular weight is 753 g/mol. The first-order valence-corrected chi connectivity index (χ1v) is 17.9. The number of halogens is 6. The van der Waals surface area contributed by atoms with Crippen LogP contribution in [0, 0.1) is 12.8 Å². The predicted octanol–water partition coefficient (Wildman–Crippen LogP) is 7.46. The van der Waals surface area contributed by atoms with E-state index in [-0.39, 0.29) is 43.0 Å². The SMILES string of the molecule is Cc1cc(Cl)c(O[C@@H]2CCN(c3ccc([C@@H]4CCNC[C@@H]4C(=O)N(Cc4cc(CNC(=O)CC(F)(F)F)ccc4Cl)C4CC4)cn3)C2)c(Cl)c1. The summed E-state index contributed by atoms with van der Waals surface area (Å²) in [5.41, 5.74) is 3.25. The van der Waals surface area contributed by atoms with Gasteiger partial charge in [-0.15, -0.1) is 0 Å². The monoisotopic (exact) mass is 751 g/mol. The Morgan fingerprint density at radius 1 is 1.04 bits per heavy atom. The molecule has 3 aromatic rings. The molecule has 1 aromatic heterocycles. The Balaban J connectivity index is 1.11. The summed E-state index contributed by atoms with van der Waals surface area (Å²) in [6, 6.07) is 12.9. The standard InChI is InChI=1S/C36H39Cl3F3N5O3/c1-21-12-30(38)34(31(39)13-21)50-26-9-11-46(20-26)32-7-3-23(17-44-32)27-8-10-43-18-28(27)35(49)47(25-4-5-25)19-24-14-22(2-6-29(24)37)16-45-33(48)15-36(40,41)42/h2-3,6-7,12-14,17,25-28,43H,4-5,8-11,15-16,18-20H2,1H3,(H,45,48)/t26-,27+,28+/m1/s1. The van der Waals surface area contributed by atoms with Crippen LogP contribution >= 0.6 is 34.8 Å². The second-order valence-electron chi connectivity index (χ2n) is 13.4. The normalized spacial score (nSPS) is 20.9. The van der Waals surface area contributed by atoms with Crippen LogP contribution in [0.15, 0.2) is 48.7 Å². The molecule has 2 aromatic carbocycles. The van der Waals surface area contributed by atoms with Crippen LogP contribution in [0.1, 0.15) is 60.3 Å². The highest BCUT2D eigenvalue weighted by molar-refractivity contribution is 6.37. The summed E-state index contributed by atoms with van der Waals surface area (Å²) in [6.45, 7) is 4.84. The van der Waals surface area contributed by atoms with Crippen molar-refractivity contribution in [3.05, 3.63) is 86.0 Å². The maximum atomic E-state index is 14.3. The molecule has 2 N–H and O–H groups in total. The Kier molecular flexibility index (Phi) is 11.4. The van der Waals surface area contributed by atoms with Crippen molar-refractivity contribution < 1.29 is 27.5 Å². The third kappa shape index (κ3) is 9.15. The molecule has 6 rings (SSSR count). The fourth-order valence-electron chi connectivity index (χ4n) is 6.79. The van der Waals surface area contributed by atoms with E-state index in [0.717, 1.165) is 55.7 Å². The smallest absolute Gasteiger partial charge is 0.397 e. The molecule has 0 bridgehead atoms. The zero-order valence-corrected chi connectivity index (χ0v) is 29.8. The number of piperidine rings is 1. The maximum absolute atomic E-state index is 14.3. The number of hydrogen-bond acceptors (Lipinski definition) is 6. The van der Waals surface area contributed by atoms with E-state index in [0.29, 0.717) is 45.0 Å². The Morgan fingerprint density at radius 3 is 2.48 bits per heavy atom. The molecule has 3 heterocycles. The van der Waals surface area contributed by atoms with E-state index in [1.54, 1.807) is 18.2 Å². The average Bonchev–Trinajstić information content (AvgIpc) is 3.81. The Bertz CT molecular complexity index is 1680. The molecule has 3 aliphatic rings. The lowest BCUT2D eigenvalue weighted by Gasteiger charge is -2.36. The number of hydrogen-bond donors (Lipinski definition) is 2. The molecule has 2 aliphatic heterocycles. The Labute approximate surface area is 304 Å². The summed E-state index contributed by atoms with van der Waals surface area (Å²) >= 11 is 19.4.